The van der Waals surface area contributed by atoms with Gasteiger partial charge in [0.05, 0.1) is 17.2 Å². The summed E-state index contributed by atoms with van der Waals surface area (Å²) in [6.45, 7) is 2.02. The van der Waals surface area contributed by atoms with Gasteiger partial charge in [-0.2, -0.15) is 0 Å². The Labute approximate surface area is 163 Å². The summed E-state index contributed by atoms with van der Waals surface area (Å²) >= 11 is 0. The monoisotopic (exact) mass is 406 g/mol. The smallest absolute Gasteiger partial charge is 0.292 e. The molecule has 0 aliphatic rings. The number of carbonyl (C=O) groups is 1. The molecule has 0 heterocycles. The fourth-order valence-electron chi connectivity index (χ4n) is 2.58. The first-order chi connectivity index (χ1) is 13.2. The van der Waals surface area contributed by atoms with E-state index < -0.39 is 14.9 Å². The van der Waals surface area contributed by atoms with Crippen LogP contribution in [0.25, 0.3) is 0 Å². The molecule has 150 valence electrons. The largest absolute Gasteiger partial charge is 0.379 e. The predicted molar refractivity (Wildman–Crippen MR) is 108 cm³/mol. The Morgan fingerprint density at radius 1 is 1.18 bits per heavy atom. The summed E-state index contributed by atoms with van der Waals surface area (Å²) in [5.41, 5.74) is 1.46. The highest BCUT2D eigenvalue weighted by Crippen LogP contribution is 2.23. The maximum atomic E-state index is 12.2. The van der Waals surface area contributed by atoms with Crippen molar-refractivity contribution in [3.63, 3.8) is 0 Å². The SMILES string of the molecule is CC(NC(=O)CCNc1ccccc1[N+](=O)[O-])c1cccc(NS(C)(=O)=O)c1. The number of hydrogen-bond donors (Lipinski definition) is 3. The van der Waals surface area contributed by atoms with Gasteiger partial charge in [0, 0.05) is 24.7 Å². The highest BCUT2D eigenvalue weighted by Gasteiger charge is 2.14. The number of para-hydroxylation sites is 2. The highest BCUT2D eigenvalue weighted by molar-refractivity contribution is 7.92. The summed E-state index contributed by atoms with van der Waals surface area (Å²) in [4.78, 5) is 22.6. The minimum absolute atomic E-state index is 0.0496. The normalized spacial score (nSPS) is 12.1. The molecule has 9 nitrogen and oxygen atoms in total. The number of nitrogens with one attached hydrogen (secondary N) is 3. The lowest BCUT2D eigenvalue weighted by atomic mass is 10.1. The Balaban J connectivity index is 1.90. The van der Waals surface area contributed by atoms with Gasteiger partial charge in [0.25, 0.3) is 5.69 Å². The lowest BCUT2D eigenvalue weighted by Gasteiger charge is -2.16. The number of amides is 1. The maximum Gasteiger partial charge on any atom is 0.292 e. The zero-order valence-corrected chi connectivity index (χ0v) is 16.3. The number of rotatable bonds is 9. The number of nitro benzene ring substituents is 1. The van der Waals surface area contributed by atoms with Gasteiger partial charge in [-0.25, -0.2) is 8.42 Å². The Morgan fingerprint density at radius 2 is 1.89 bits per heavy atom. The van der Waals surface area contributed by atoms with Crippen molar-refractivity contribution in [3.05, 3.63) is 64.2 Å². The number of benzene rings is 2. The van der Waals surface area contributed by atoms with Gasteiger partial charge >= 0.3 is 0 Å². The van der Waals surface area contributed by atoms with Gasteiger partial charge in [0.1, 0.15) is 5.69 Å². The number of sulfonamides is 1. The predicted octanol–water partition coefficient (Wildman–Crippen LogP) is 2.65. The Hall–Kier alpha value is -3.14. The molecule has 0 bridgehead atoms. The molecule has 10 heteroatoms. The van der Waals surface area contributed by atoms with Crippen LogP contribution in [-0.4, -0.2) is 32.0 Å². The Morgan fingerprint density at radius 3 is 2.57 bits per heavy atom. The average Bonchev–Trinajstić information content (AvgIpc) is 2.60. The van der Waals surface area contributed by atoms with Gasteiger partial charge in [-0.3, -0.25) is 19.6 Å². The third kappa shape index (κ3) is 6.54. The van der Waals surface area contributed by atoms with Crippen LogP contribution in [0.3, 0.4) is 0 Å². The van der Waals surface area contributed by atoms with Crippen molar-refractivity contribution < 1.29 is 18.1 Å². The zero-order chi connectivity index (χ0) is 20.7. The number of hydrogen-bond acceptors (Lipinski definition) is 6. The number of nitrogens with zero attached hydrogens (tertiary/aromatic N) is 1. The lowest BCUT2D eigenvalue weighted by Crippen LogP contribution is -2.28. The van der Waals surface area contributed by atoms with E-state index >= 15 is 0 Å². The molecule has 0 aliphatic heterocycles. The van der Waals surface area contributed by atoms with Crippen LogP contribution < -0.4 is 15.4 Å². The molecule has 0 radical (unpaired) electrons. The van der Waals surface area contributed by atoms with Crippen molar-refractivity contribution in [2.45, 2.75) is 19.4 Å². The van der Waals surface area contributed by atoms with Crippen LogP contribution in [0.1, 0.15) is 24.9 Å². The second-order valence-electron chi connectivity index (χ2n) is 6.24. The summed E-state index contributed by atoms with van der Waals surface area (Å²) in [6.07, 6.45) is 1.19. The van der Waals surface area contributed by atoms with Gasteiger partial charge in [-0.05, 0) is 30.7 Å². The van der Waals surface area contributed by atoms with E-state index in [0.29, 0.717) is 11.4 Å². The molecule has 1 amide bonds. The van der Waals surface area contributed by atoms with Crippen LogP contribution in [0.15, 0.2) is 48.5 Å². The van der Waals surface area contributed by atoms with Crippen molar-refractivity contribution in [1.82, 2.24) is 5.32 Å². The van der Waals surface area contributed by atoms with E-state index in [1.807, 2.05) is 0 Å². The van der Waals surface area contributed by atoms with Crippen LogP contribution in [0, 0.1) is 10.1 Å². The molecule has 0 fully saturated rings. The second kappa shape index (κ2) is 9.18. The van der Waals surface area contributed by atoms with E-state index in [-0.39, 0.29) is 30.6 Å². The molecule has 0 aromatic heterocycles. The van der Waals surface area contributed by atoms with E-state index in [0.717, 1.165) is 11.8 Å². The van der Waals surface area contributed by atoms with Crippen molar-refractivity contribution >= 4 is 33.0 Å². The van der Waals surface area contributed by atoms with Gasteiger partial charge < -0.3 is 10.6 Å². The van der Waals surface area contributed by atoms with Crippen LogP contribution >= 0.6 is 0 Å². The molecule has 0 saturated carbocycles. The molecule has 2 aromatic rings. The molecule has 2 rings (SSSR count). The van der Waals surface area contributed by atoms with Crippen LogP contribution in [0.2, 0.25) is 0 Å². The highest BCUT2D eigenvalue weighted by atomic mass is 32.2. The fraction of sp³-hybridized carbons (Fsp3) is 0.278. The Kier molecular flexibility index (Phi) is 6.94. The molecule has 3 N–H and O–H groups in total. The number of anilines is 2. The minimum Gasteiger partial charge on any atom is -0.379 e. The molecule has 28 heavy (non-hydrogen) atoms. The molecule has 0 spiro atoms. The van der Waals surface area contributed by atoms with E-state index in [1.165, 1.54) is 6.07 Å². The molecular formula is C18H22N4O5S. The third-order valence-electron chi connectivity index (χ3n) is 3.84. The lowest BCUT2D eigenvalue weighted by molar-refractivity contribution is -0.384. The summed E-state index contributed by atoms with van der Waals surface area (Å²) in [5, 5.41) is 16.7. The first-order valence-corrected chi connectivity index (χ1v) is 10.4. The van der Waals surface area contributed by atoms with Gasteiger partial charge in [-0.1, -0.05) is 24.3 Å². The van der Waals surface area contributed by atoms with E-state index in [4.69, 9.17) is 0 Å². The van der Waals surface area contributed by atoms with Gasteiger partial charge in [-0.15, -0.1) is 0 Å². The standard InChI is InChI=1S/C18H22N4O5S/c1-13(14-6-5-7-15(12-14)21-28(2,26)27)20-18(23)10-11-19-16-8-3-4-9-17(16)22(24)25/h3-9,12-13,19,21H,10-11H2,1-2H3,(H,20,23). The second-order valence-corrected chi connectivity index (χ2v) is 7.99. The van der Waals surface area contributed by atoms with E-state index in [1.54, 1.807) is 49.4 Å². The molecular weight excluding hydrogens is 384 g/mol. The van der Waals surface area contributed by atoms with Crippen molar-refractivity contribution in [2.24, 2.45) is 0 Å². The minimum atomic E-state index is -3.38. The summed E-state index contributed by atoms with van der Waals surface area (Å²) in [5.74, 6) is -0.236. The quantitative estimate of drug-likeness (QED) is 0.433. The van der Waals surface area contributed by atoms with Gasteiger partial charge in [0.15, 0.2) is 0 Å². The number of carbonyl (C=O) groups excluding carboxylic acids is 1. The molecule has 1 atom stereocenters. The molecule has 2 aromatic carbocycles. The average molecular weight is 406 g/mol. The topological polar surface area (TPSA) is 130 Å². The van der Waals surface area contributed by atoms with E-state index in [2.05, 4.69) is 15.4 Å². The van der Waals surface area contributed by atoms with Gasteiger partial charge in [0.2, 0.25) is 15.9 Å². The van der Waals surface area contributed by atoms with Crippen molar-refractivity contribution in [2.75, 3.05) is 22.8 Å². The Bertz CT molecular complexity index is 962. The summed E-state index contributed by atoms with van der Waals surface area (Å²) in [7, 11) is -3.38. The van der Waals surface area contributed by atoms with Crippen LogP contribution in [0.4, 0.5) is 17.1 Å². The van der Waals surface area contributed by atoms with Crippen LogP contribution in [-0.2, 0) is 14.8 Å². The third-order valence-corrected chi connectivity index (χ3v) is 4.44. The maximum absolute atomic E-state index is 12.2. The van der Waals surface area contributed by atoms with Crippen molar-refractivity contribution in [3.8, 4) is 0 Å². The van der Waals surface area contributed by atoms with Crippen molar-refractivity contribution in [1.29, 1.82) is 0 Å². The van der Waals surface area contributed by atoms with Crippen LogP contribution in [0.5, 0.6) is 0 Å². The fourth-order valence-corrected chi connectivity index (χ4v) is 3.13. The molecule has 1 unspecified atom stereocenters. The first-order valence-electron chi connectivity index (χ1n) is 8.50. The number of nitro groups is 1. The zero-order valence-electron chi connectivity index (χ0n) is 15.5. The molecule has 0 aliphatic carbocycles. The van der Waals surface area contributed by atoms with E-state index in [9.17, 15) is 23.3 Å². The first kappa shape index (κ1) is 21.2. The molecule has 0 saturated heterocycles. The summed E-state index contributed by atoms with van der Waals surface area (Å²) in [6, 6.07) is 12.6. The summed E-state index contributed by atoms with van der Waals surface area (Å²) < 4.78 is 25.1.